The maximum absolute atomic E-state index is 13.3. The number of ketones is 1. The highest BCUT2D eigenvalue weighted by Gasteiger charge is 2.47. The predicted molar refractivity (Wildman–Crippen MR) is 134 cm³/mol. The Morgan fingerprint density at radius 3 is 2.22 bits per heavy atom. The third-order valence-electron chi connectivity index (χ3n) is 5.99. The van der Waals surface area contributed by atoms with Crippen molar-refractivity contribution in [2.45, 2.75) is 19.5 Å². The molecular formula is C28H26N2O7. The maximum Gasteiger partial charge on any atom is 0.338 e. The minimum atomic E-state index is -0.972. The molecular weight excluding hydrogens is 476 g/mol. The molecule has 0 bridgehead atoms. The lowest BCUT2D eigenvalue weighted by molar-refractivity contribution is -0.140. The van der Waals surface area contributed by atoms with Crippen LogP contribution in [0.4, 0.5) is 0 Å². The van der Waals surface area contributed by atoms with Crippen LogP contribution in [0.2, 0.25) is 0 Å². The van der Waals surface area contributed by atoms with Crippen molar-refractivity contribution in [3.8, 4) is 11.5 Å². The summed E-state index contributed by atoms with van der Waals surface area (Å²) in [6, 6.07) is 15.6. The van der Waals surface area contributed by atoms with Crippen LogP contribution in [-0.2, 0) is 20.9 Å². The van der Waals surface area contributed by atoms with Crippen LogP contribution in [0.5, 0.6) is 11.5 Å². The van der Waals surface area contributed by atoms with Gasteiger partial charge in [0.25, 0.3) is 11.7 Å². The summed E-state index contributed by atoms with van der Waals surface area (Å²) in [7, 11) is 2.86. The summed E-state index contributed by atoms with van der Waals surface area (Å²) in [4.78, 5) is 44.3. The van der Waals surface area contributed by atoms with Crippen molar-refractivity contribution in [1.82, 2.24) is 9.88 Å². The summed E-state index contributed by atoms with van der Waals surface area (Å²) in [5, 5.41) is 11.4. The Morgan fingerprint density at radius 1 is 0.973 bits per heavy atom. The molecule has 1 aromatic heterocycles. The molecule has 0 spiro atoms. The lowest BCUT2D eigenvalue weighted by Crippen LogP contribution is -2.29. The third kappa shape index (κ3) is 4.88. The van der Waals surface area contributed by atoms with Crippen LogP contribution in [-0.4, -0.2) is 53.5 Å². The Kier molecular flexibility index (Phi) is 7.52. The molecule has 0 aliphatic carbocycles. The van der Waals surface area contributed by atoms with Gasteiger partial charge in [-0.15, -0.1) is 0 Å². The number of aromatic nitrogens is 1. The molecule has 1 N–H and O–H groups in total. The maximum atomic E-state index is 13.3. The van der Waals surface area contributed by atoms with Gasteiger partial charge in [-0.05, 0) is 48.9 Å². The number of esters is 1. The van der Waals surface area contributed by atoms with Crippen molar-refractivity contribution in [3.63, 3.8) is 0 Å². The van der Waals surface area contributed by atoms with Gasteiger partial charge in [-0.25, -0.2) is 4.79 Å². The van der Waals surface area contributed by atoms with Crippen molar-refractivity contribution in [2.24, 2.45) is 0 Å². The number of hydrogen-bond acceptors (Lipinski definition) is 8. The standard InChI is InChI=1S/C28H26N2O7/c1-4-37-28(34)18-13-11-17(12-14-18)16-30-24(19-8-5-6-15-29-19)23(26(32)27(30)33)25(31)22-20(35-2)9-7-10-21(22)36-3/h5-15,24,31H,4,16H2,1-3H3/b25-23+. The zero-order valence-electron chi connectivity index (χ0n) is 20.6. The van der Waals surface area contributed by atoms with Gasteiger partial charge in [0.1, 0.15) is 28.9 Å². The minimum Gasteiger partial charge on any atom is -0.506 e. The summed E-state index contributed by atoms with van der Waals surface area (Å²) in [5.41, 5.74) is 1.48. The summed E-state index contributed by atoms with van der Waals surface area (Å²) >= 11 is 0. The zero-order chi connectivity index (χ0) is 26.5. The summed E-state index contributed by atoms with van der Waals surface area (Å²) in [6.07, 6.45) is 1.55. The first kappa shape index (κ1) is 25.4. The van der Waals surface area contributed by atoms with Gasteiger partial charge in [0.15, 0.2) is 0 Å². The second-order valence-electron chi connectivity index (χ2n) is 8.14. The van der Waals surface area contributed by atoms with Gasteiger partial charge < -0.3 is 24.2 Å². The SMILES string of the molecule is CCOC(=O)c1ccc(CN2C(=O)C(=O)/C(=C(/O)c3c(OC)cccc3OC)C2c2ccccn2)cc1. The van der Waals surface area contributed by atoms with Crippen LogP contribution in [0.3, 0.4) is 0 Å². The van der Waals surface area contributed by atoms with E-state index in [9.17, 15) is 19.5 Å². The Hall–Kier alpha value is -4.66. The van der Waals surface area contributed by atoms with Gasteiger partial charge in [-0.1, -0.05) is 24.3 Å². The summed E-state index contributed by atoms with van der Waals surface area (Å²) in [6.45, 7) is 2.02. The molecule has 1 fully saturated rings. The van der Waals surface area contributed by atoms with E-state index in [4.69, 9.17) is 14.2 Å². The van der Waals surface area contributed by atoms with Crippen LogP contribution in [0.15, 0.2) is 72.4 Å². The quantitative estimate of drug-likeness (QED) is 0.213. The van der Waals surface area contributed by atoms with E-state index in [1.807, 2.05) is 0 Å². The van der Waals surface area contributed by atoms with Crippen molar-refractivity contribution < 1.29 is 33.7 Å². The number of hydrogen-bond donors (Lipinski definition) is 1. The van der Waals surface area contributed by atoms with Crippen molar-refractivity contribution >= 4 is 23.4 Å². The van der Waals surface area contributed by atoms with E-state index in [-0.39, 0.29) is 35.8 Å². The number of likely N-dealkylation sites (tertiary alicyclic amines) is 1. The molecule has 190 valence electrons. The number of carbonyl (C=O) groups is 3. The van der Waals surface area contributed by atoms with Gasteiger partial charge in [-0.3, -0.25) is 14.6 Å². The monoisotopic (exact) mass is 502 g/mol. The number of nitrogens with zero attached hydrogens (tertiary/aromatic N) is 2. The van der Waals surface area contributed by atoms with Crippen LogP contribution in [0, 0.1) is 0 Å². The molecule has 9 heteroatoms. The van der Waals surface area contributed by atoms with Gasteiger partial charge in [0, 0.05) is 12.7 Å². The highest BCUT2D eigenvalue weighted by Crippen LogP contribution is 2.43. The number of benzene rings is 2. The highest BCUT2D eigenvalue weighted by atomic mass is 16.5. The number of amides is 1. The predicted octanol–water partition coefficient (Wildman–Crippen LogP) is 3.90. The average Bonchev–Trinajstić information content (AvgIpc) is 3.18. The first-order valence-corrected chi connectivity index (χ1v) is 11.6. The second-order valence-corrected chi connectivity index (χ2v) is 8.14. The minimum absolute atomic E-state index is 0.0365. The molecule has 1 aliphatic rings. The second kappa shape index (κ2) is 10.9. The lowest BCUT2D eigenvalue weighted by Gasteiger charge is -2.25. The van der Waals surface area contributed by atoms with Crippen LogP contribution >= 0.6 is 0 Å². The average molecular weight is 503 g/mol. The first-order valence-electron chi connectivity index (χ1n) is 11.6. The van der Waals surface area contributed by atoms with Gasteiger partial charge in [0.05, 0.1) is 37.7 Å². The molecule has 1 unspecified atom stereocenters. The van der Waals surface area contributed by atoms with E-state index in [0.29, 0.717) is 16.8 Å². The van der Waals surface area contributed by atoms with Crippen LogP contribution in [0.1, 0.15) is 40.1 Å². The number of aliphatic hydroxyl groups is 1. The zero-order valence-corrected chi connectivity index (χ0v) is 20.6. The number of ether oxygens (including phenoxy) is 3. The van der Waals surface area contributed by atoms with Crippen molar-refractivity contribution in [1.29, 1.82) is 0 Å². The fourth-order valence-corrected chi connectivity index (χ4v) is 4.26. The molecule has 1 saturated heterocycles. The Labute approximate surface area is 213 Å². The molecule has 2 heterocycles. The van der Waals surface area contributed by atoms with E-state index < -0.39 is 29.5 Å². The molecule has 1 aliphatic heterocycles. The lowest BCUT2D eigenvalue weighted by atomic mass is 9.97. The van der Waals surface area contributed by atoms with Crippen molar-refractivity contribution in [2.75, 3.05) is 20.8 Å². The van der Waals surface area contributed by atoms with E-state index >= 15 is 0 Å². The number of aliphatic hydroxyl groups excluding tert-OH is 1. The first-order chi connectivity index (χ1) is 17.9. The highest BCUT2D eigenvalue weighted by molar-refractivity contribution is 6.46. The van der Waals surface area contributed by atoms with Gasteiger partial charge in [0.2, 0.25) is 0 Å². The summed E-state index contributed by atoms with van der Waals surface area (Å²) < 4.78 is 15.8. The molecule has 37 heavy (non-hydrogen) atoms. The topological polar surface area (TPSA) is 115 Å². The fourth-order valence-electron chi connectivity index (χ4n) is 4.26. The summed E-state index contributed by atoms with van der Waals surface area (Å²) in [5.74, 6) is -1.98. The van der Waals surface area contributed by atoms with E-state index in [1.54, 1.807) is 73.8 Å². The molecule has 1 atom stereocenters. The molecule has 9 nitrogen and oxygen atoms in total. The van der Waals surface area contributed by atoms with Gasteiger partial charge >= 0.3 is 5.97 Å². The van der Waals surface area contributed by atoms with Crippen LogP contribution in [0.25, 0.3) is 5.76 Å². The molecule has 0 saturated carbocycles. The Morgan fingerprint density at radius 2 is 1.65 bits per heavy atom. The third-order valence-corrected chi connectivity index (χ3v) is 5.99. The van der Waals surface area contributed by atoms with Gasteiger partial charge in [-0.2, -0.15) is 0 Å². The Balaban J connectivity index is 1.81. The van der Waals surface area contributed by atoms with Crippen molar-refractivity contribution in [3.05, 3.63) is 94.8 Å². The van der Waals surface area contributed by atoms with E-state index in [0.717, 1.165) is 0 Å². The smallest absolute Gasteiger partial charge is 0.338 e. The molecule has 3 aromatic rings. The largest absolute Gasteiger partial charge is 0.506 e. The molecule has 1 amide bonds. The van der Waals surface area contributed by atoms with Crippen LogP contribution < -0.4 is 9.47 Å². The Bertz CT molecular complexity index is 1330. The number of rotatable bonds is 8. The number of pyridine rings is 1. The normalized spacial score (nSPS) is 16.5. The number of methoxy groups -OCH3 is 2. The molecule has 2 aromatic carbocycles. The number of carbonyl (C=O) groups excluding carboxylic acids is 3. The fraction of sp³-hybridized carbons (Fsp3) is 0.214. The number of Topliss-reactive ketones (excluding diaryl/α,β-unsaturated/α-hetero) is 1. The molecule has 4 rings (SSSR count). The van der Waals surface area contributed by atoms with E-state index in [1.165, 1.54) is 19.1 Å². The molecule has 0 radical (unpaired) electrons. The van der Waals surface area contributed by atoms with E-state index in [2.05, 4.69) is 4.98 Å².